The van der Waals surface area contributed by atoms with Crippen molar-refractivity contribution >= 4 is 44.0 Å². The monoisotopic (exact) mass is 464 g/mol. The Morgan fingerprint density at radius 1 is 1.13 bits per heavy atom. The molecule has 0 aliphatic rings. The van der Waals surface area contributed by atoms with E-state index in [1.54, 1.807) is 24.3 Å². The zero-order valence-corrected chi connectivity index (χ0v) is 19.0. The molecule has 0 aliphatic heterocycles. The van der Waals surface area contributed by atoms with Crippen molar-refractivity contribution in [2.75, 3.05) is 5.32 Å². The molecule has 1 heterocycles. The summed E-state index contributed by atoms with van der Waals surface area (Å²) in [5.41, 5.74) is 3.36. The molecule has 10 heteroatoms. The van der Waals surface area contributed by atoms with Gasteiger partial charge in [-0.25, -0.2) is 13.1 Å². The van der Waals surface area contributed by atoms with E-state index in [2.05, 4.69) is 20.2 Å². The molecule has 0 saturated heterocycles. The Morgan fingerprint density at radius 2 is 1.87 bits per heavy atom. The minimum atomic E-state index is -3.91. The van der Waals surface area contributed by atoms with Crippen LogP contribution in [-0.2, 0) is 10.0 Å². The number of aromatic nitrogens is 2. The van der Waals surface area contributed by atoms with E-state index in [0.29, 0.717) is 6.42 Å². The Morgan fingerprint density at radius 3 is 2.53 bits per heavy atom. The number of aryl methyl sites for hydroxylation is 2. The van der Waals surface area contributed by atoms with Crippen molar-refractivity contribution in [2.45, 2.75) is 37.6 Å². The van der Waals surface area contributed by atoms with Crippen molar-refractivity contribution < 1.29 is 13.2 Å². The number of nitrogens with one attached hydrogen (secondary N) is 2. The molecule has 0 bridgehead atoms. The molecule has 0 fully saturated rings. The number of anilines is 1. The third-order valence-electron chi connectivity index (χ3n) is 4.61. The molecule has 1 atom stereocenters. The second-order valence-corrected chi connectivity index (χ2v) is 10.0. The van der Waals surface area contributed by atoms with Gasteiger partial charge in [0, 0.05) is 6.04 Å². The molecule has 30 heavy (non-hydrogen) atoms. The van der Waals surface area contributed by atoms with E-state index >= 15 is 0 Å². The number of sulfonamides is 1. The Bertz CT molecular complexity index is 1180. The van der Waals surface area contributed by atoms with E-state index < -0.39 is 22.0 Å². The zero-order valence-electron chi connectivity index (χ0n) is 16.6. The third-order valence-corrected chi connectivity index (χ3v) is 7.62. The van der Waals surface area contributed by atoms with Crippen molar-refractivity contribution in [1.82, 2.24) is 14.9 Å². The summed E-state index contributed by atoms with van der Waals surface area (Å²) in [6.07, 6.45) is 0.566. The number of hydrogen-bond donors (Lipinski definition) is 2. The largest absolute Gasteiger partial charge is 0.296 e. The summed E-state index contributed by atoms with van der Waals surface area (Å²) in [6.45, 7) is 5.89. The number of benzene rings is 2. The van der Waals surface area contributed by atoms with Crippen molar-refractivity contribution in [2.24, 2.45) is 0 Å². The standard InChI is InChI=1S/C20H21ClN4O3S2/c1-4-17(14-10-9-12(2)13(3)11-14)25-30(27,28)20-24-23-19(29-20)22-18(26)15-7-5-6-8-16(15)21/h5-11,17,25H,4H2,1-3H3,(H,22,23,26). The van der Waals surface area contributed by atoms with Gasteiger partial charge in [-0.3, -0.25) is 10.1 Å². The first-order valence-corrected chi connectivity index (χ1v) is 11.9. The van der Waals surface area contributed by atoms with Gasteiger partial charge in [-0.15, -0.1) is 10.2 Å². The lowest BCUT2D eigenvalue weighted by Gasteiger charge is -2.17. The molecule has 0 radical (unpaired) electrons. The minimum absolute atomic E-state index is 0.0690. The van der Waals surface area contributed by atoms with Crippen LogP contribution in [0, 0.1) is 13.8 Å². The van der Waals surface area contributed by atoms with Crippen molar-refractivity contribution in [3.63, 3.8) is 0 Å². The van der Waals surface area contributed by atoms with Crippen LogP contribution in [0.2, 0.25) is 5.02 Å². The summed E-state index contributed by atoms with van der Waals surface area (Å²) in [5.74, 6) is -0.491. The number of rotatable bonds is 7. The van der Waals surface area contributed by atoms with Gasteiger partial charge in [0.25, 0.3) is 15.9 Å². The van der Waals surface area contributed by atoms with Crippen LogP contribution < -0.4 is 10.0 Å². The van der Waals surface area contributed by atoms with Crippen molar-refractivity contribution in [3.05, 3.63) is 69.7 Å². The number of halogens is 1. The summed E-state index contributed by atoms with van der Waals surface area (Å²) < 4.78 is 28.1. The number of carbonyl (C=O) groups is 1. The Balaban J connectivity index is 1.76. The molecular formula is C20H21ClN4O3S2. The molecule has 2 aromatic carbocycles. The number of hydrogen-bond acceptors (Lipinski definition) is 6. The van der Waals surface area contributed by atoms with E-state index in [1.165, 1.54) is 0 Å². The van der Waals surface area contributed by atoms with Gasteiger partial charge in [-0.1, -0.05) is 60.2 Å². The predicted molar refractivity (Wildman–Crippen MR) is 119 cm³/mol. The predicted octanol–water partition coefficient (Wildman–Crippen LogP) is 4.49. The molecule has 1 unspecified atom stereocenters. The average Bonchev–Trinajstić information content (AvgIpc) is 3.18. The molecule has 0 spiro atoms. The fourth-order valence-electron chi connectivity index (χ4n) is 2.78. The molecule has 3 aromatic rings. The Hall–Kier alpha value is -2.33. The summed E-state index contributed by atoms with van der Waals surface area (Å²) in [4.78, 5) is 12.3. The number of amides is 1. The summed E-state index contributed by atoms with van der Waals surface area (Å²) in [5, 5.41) is 10.4. The number of carbonyl (C=O) groups excluding carboxylic acids is 1. The van der Waals surface area contributed by atoms with Crippen molar-refractivity contribution in [1.29, 1.82) is 0 Å². The van der Waals surface area contributed by atoms with Gasteiger partial charge in [0.05, 0.1) is 10.6 Å². The molecular weight excluding hydrogens is 444 g/mol. The highest BCUT2D eigenvalue weighted by Crippen LogP contribution is 2.26. The minimum Gasteiger partial charge on any atom is -0.296 e. The summed E-state index contributed by atoms with van der Waals surface area (Å²) >= 11 is 6.79. The summed E-state index contributed by atoms with van der Waals surface area (Å²) in [7, 11) is -3.91. The van der Waals surface area contributed by atoms with E-state index in [1.807, 2.05) is 39.0 Å². The van der Waals surface area contributed by atoms with Crippen LogP contribution in [0.1, 0.15) is 46.4 Å². The molecule has 1 amide bonds. The average molecular weight is 465 g/mol. The highest BCUT2D eigenvalue weighted by Gasteiger charge is 2.25. The van der Waals surface area contributed by atoms with E-state index in [9.17, 15) is 13.2 Å². The number of nitrogens with zero attached hydrogens (tertiary/aromatic N) is 2. The lowest BCUT2D eigenvalue weighted by molar-refractivity contribution is 0.102. The molecule has 0 saturated carbocycles. The highest BCUT2D eigenvalue weighted by atomic mass is 35.5. The third kappa shape index (κ3) is 5.04. The lowest BCUT2D eigenvalue weighted by Crippen LogP contribution is -2.28. The SMILES string of the molecule is CCC(NS(=O)(=O)c1nnc(NC(=O)c2ccccc2Cl)s1)c1ccc(C)c(C)c1. The lowest BCUT2D eigenvalue weighted by atomic mass is 10.0. The first-order chi connectivity index (χ1) is 14.2. The smallest absolute Gasteiger partial charge is 0.270 e. The van der Waals surface area contributed by atoms with Gasteiger partial charge in [-0.2, -0.15) is 0 Å². The van der Waals surface area contributed by atoms with Crippen LogP contribution in [0.15, 0.2) is 46.8 Å². The maximum Gasteiger partial charge on any atom is 0.270 e. The molecule has 7 nitrogen and oxygen atoms in total. The molecule has 1 aromatic heterocycles. The van der Waals surface area contributed by atoms with Crippen LogP contribution in [-0.4, -0.2) is 24.5 Å². The van der Waals surface area contributed by atoms with Gasteiger partial charge in [0.15, 0.2) is 0 Å². The van der Waals surface area contributed by atoms with Crippen LogP contribution in [0.5, 0.6) is 0 Å². The second kappa shape index (κ2) is 9.22. The van der Waals surface area contributed by atoms with E-state index in [-0.39, 0.29) is 20.1 Å². The topological polar surface area (TPSA) is 101 Å². The van der Waals surface area contributed by atoms with Gasteiger partial charge >= 0.3 is 0 Å². The second-order valence-electron chi connectivity index (χ2n) is 6.73. The van der Waals surface area contributed by atoms with E-state index in [0.717, 1.165) is 28.0 Å². The van der Waals surface area contributed by atoms with Crippen LogP contribution in [0.25, 0.3) is 0 Å². The maximum atomic E-state index is 12.8. The highest BCUT2D eigenvalue weighted by molar-refractivity contribution is 7.91. The molecule has 2 N–H and O–H groups in total. The first kappa shape index (κ1) is 22.4. The zero-order chi connectivity index (χ0) is 21.9. The Kier molecular flexibility index (Phi) is 6.87. The van der Waals surface area contributed by atoms with E-state index in [4.69, 9.17) is 11.6 Å². The summed E-state index contributed by atoms with van der Waals surface area (Å²) in [6, 6.07) is 12.0. The fraction of sp³-hybridized carbons (Fsp3) is 0.250. The normalized spacial score (nSPS) is 12.5. The molecule has 158 valence electrons. The van der Waals surface area contributed by atoms with Crippen LogP contribution in [0.3, 0.4) is 0 Å². The quantitative estimate of drug-likeness (QED) is 0.501. The van der Waals surface area contributed by atoms with Crippen LogP contribution >= 0.6 is 22.9 Å². The van der Waals surface area contributed by atoms with Crippen molar-refractivity contribution in [3.8, 4) is 0 Å². The Labute approximate surface area is 184 Å². The van der Waals surface area contributed by atoms with Crippen LogP contribution in [0.4, 0.5) is 5.13 Å². The van der Waals surface area contributed by atoms with Gasteiger partial charge < -0.3 is 0 Å². The molecule has 0 aliphatic carbocycles. The maximum absolute atomic E-state index is 12.8. The molecule has 3 rings (SSSR count). The van der Waals surface area contributed by atoms with Gasteiger partial charge in [0.1, 0.15) is 0 Å². The first-order valence-electron chi connectivity index (χ1n) is 9.20. The van der Waals surface area contributed by atoms with Gasteiger partial charge in [-0.05, 0) is 49.1 Å². The fourth-order valence-corrected chi connectivity index (χ4v) is 5.23. The van der Waals surface area contributed by atoms with Gasteiger partial charge in [0.2, 0.25) is 9.47 Å².